The predicted molar refractivity (Wildman–Crippen MR) is 47.3 cm³/mol. The Balaban J connectivity index is 3.77. The fourth-order valence-corrected chi connectivity index (χ4v) is 0.522. The van der Waals surface area contributed by atoms with Crippen LogP contribution in [0.2, 0.25) is 0 Å². The molecule has 0 aromatic heterocycles. The summed E-state index contributed by atoms with van der Waals surface area (Å²) in [6.45, 7) is 5.04. The molecule has 0 aliphatic carbocycles. The summed E-state index contributed by atoms with van der Waals surface area (Å²) in [5.74, 6) is -0.614. The molecule has 0 N–H and O–H groups in total. The second-order valence-corrected chi connectivity index (χ2v) is 3.77. The highest BCUT2D eigenvalue weighted by molar-refractivity contribution is 5.86. The molecule has 0 atom stereocenters. The maximum atomic E-state index is 11.3. The molecule has 0 fully saturated rings. The average molecular weight is 188 g/mol. The Hall–Kier alpha value is -0.900. The first-order valence-electron chi connectivity index (χ1n) is 4.06. The molecule has 0 aliphatic heterocycles. The fraction of sp³-hybridized carbons (Fsp3) is 0.778. The van der Waals surface area contributed by atoms with E-state index in [-0.39, 0.29) is 19.0 Å². The summed E-state index contributed by atoms with van der Waals surface area (Å²) in [5.41, 5.74) is -0.465. The molecule has 0 heterocycles. The second-order valence-electron chi connectivity index (χ2n) is 3.77. The summed E-state index contributed by atoms with van der Waals surface area (Å²) in [5, 5.41) is 0. The minimum absolute atomic E-state index is 0.100. The van der Waals surface area contributed by atoms with Gasteiger partial charge < -0.3 is 9.47 Å². The number of Topliss-reactive ketones (excluding diaryl/α,β-unsaturated/α-hetero) is 1. The molecule has 0 aromatic rings. The van der Waals surface area contributed by atoms with Crippen LogP contribution in [0.15, 0.2) is 0 Å². The van der Waals surface area contributed by atoms with Crippen LogP contribution in [0.4, 0.5) is 0 Å². The highest BCUT2D eigenvalue weighted by Crippen LogP contribution is 2.14. The summed E-state index contributed by atoms with van der Waals surface area (Å²) in [6, 6.07) is 0. The van der Waals surface area contributed by atoms with Gasteiger partial charge in [0.15, 0.2) is 12.4 Å². The van der Waals surface area contributed by atoms with Crippen molar-refractivity contribution in [2.45, 2.75) is 20.8 Å². The SMILES string of the molecule is COCC(=O)OCC(=O)C(C)(C)C. The standard InChI is InChI=1S/C9H16O4/c1-9(2,3)7(10)5-13-8(11)6-12-4/h5-6H2,1-4H3. The number of carbonyl (C=O) groups is 2. The topological polar surface area (TPSA) is 52.6 Å². The fourth-order valence-electron chi connectivity index (χ4n) is 0.522. The Bertz CT molecular complexity index is 190. The largest absolute Gasteiger partial charge is 0.456 e. The van der Waals surface area contributed by atoms with E-state index >= 15 is 0 Å². The third-order valence-electron chi connectivity index (χ3n) is 1.46. The second kappa shape index (κ2) is 4.97. The molecular weight excluding hydrogens is 172 g/mol. The quantitative estimate of drug-likeness (QED) is 0.612. The molecule has 0 unspecified atom stereocenters. The van der Waals surface area contributed by atoms with E-state index in [1.165, 1.54) is 7.11 Å². The molecular formula is C9H16O4. The number of rotatable bonds is 4. The first-order chi connectivity index (χ1) is 5.88. The summed E-state index contributed by atoms with van der Waals surface area (Å²) in [7, 11) is 1.40. The van der Waals surface area contributed by atoms with E-state index < -0.39 is 11.4 Å². The lowest BCUT2D eigenvalue weighted by molar-refractivity contribution is -0.153. The van der Waals surface area contributed by atoms with Gasteiger partial charge >= 0.3 is 5.97 Å². The van der Waals surface area contributed by atoms with Crippen LogP contribution in [0, 0.1) is 5.41 Å². The van der Waals surface area contributed by atoms with Gasteiger partial charge in [0, 0.05) is 12.5 Å². The molecule has 0 amide bonds. The lowest BCUT2D eigenvalue weighted by atomic mass is 9.91. The Morgan fingerprint density at radius 1 is 1.15 bits per heavy atom. The summed E-state index contributed by atoms with van der Waals surface area (Å²) in [4.78, 5) is 22.0. The first kappa shape index (κ1) is 12.1. The van der Waals surface area contributed by atoms with E-state index in [0.29, 0.717) is 0 Å². The molecule has 4 nitrogen and oxygen atoms in total. The van der Waals surface area contributed by atoms with Crippen molar-refractivity contribution in [3.05, 3.63) is 0 Å². The van der Waals surface area contributed by atoms with E-state index in [1.54, 1.807) is 20.8 Å². The zero-order chi connectivity index (χ0) is 10.5. The number of esters is 1. The van der Waals surface area contributed by atoms with Crippen molar-refractivity contribution in [3.63, 3.8) is 0 Å². The number of ether oxygens (including phenoxy) is 2. The number of hydrogen-bond donors (Lipinski definition) is 0. The van der Waals surface area contributed by atoms with Crippen molar-refractivity contribution in [1.82, 2.24) is 0 Å². The predicted octanol–water partition coefficient (Wildman–Crippen LogP) is 0.791. The van der Waals surface area contributed by atoms with Crippen LogP contribution in [0.25, 0.3) is 0 Å². The number of methoxy groups -OCH3 is 1. The Labute approximate surface area is 78.2 Å². The average Bonchev–Trinajstić information content (AvgIpc) is 1.99. The van der Waals surface area contributed by atoms with Crippen molar-refractivity contribution in [1.29, 1.82) is 0 Å². The first-order valence-corrected chi connectivity index (χ1v) is 4.06. The van der Waals surface area contributed by atoms with Crippen molar-refractivity contribution in [3.8, 4) is 0 Å². The Morgan fingerprint density at radius 3 is 2.08 bits per heavy atom. The van der Waals surface area contributed by atoms with Gasteiger partial charge in [0.25, 0.3) is 0 Å². The van der Waals surface area contributed by atoms with Gasteiger partial charge in [-0.3, -0.25) is 4.79 Å². The van der Waals surface area contributed by atoms with Crippen LogP contribution < -0.4 is 0 Å². The molecule has 0 radical (unpaired) electrons. The molecule has 0 bridgehead atoms. The van der Waals surface area contributed by atoms with Gasteiger partial charge in [-0.1, -0.05) is 20.8 Å². The molecule has 0 rings (SSSR count). The maximum Gasteiger partial charge on any atom is 0.332 e. The zero-order valence-electron chi connectivity index (χ0n) is 8.55. The van der Waals surface area contributed by atoms with Crippen molar-refractivity contribution in [2.75, 3.05) is 20.3 Å². The number of ketones is 1. The molecule has 0 spiro atoms. The maximum absolute atomic E-state index is 11.3. The van der Waals surface area contributed by atoms with Gasteiger partial charge in [-0.2, -0.15) is 0 Å². The van der Waals surface area contributed by atoms with Crippen molar-refractivity contribution in [2.24, 2.45) is 5.41 Å². The van der Waals surface area contributed by atoms with E-state index in [1.807, 2.05) is 0 Å². The van der Waals surface area contributed by atoms with Crippen LogP contribution in [0.5, 0.6) is 0 Å². The van der Waals surface area contributed by atoms with Crippen LogP contribution in [0.1, 0.15) is 20.8 Å². The number of hydrogen-bond acceptors (Lipinski definition) is 4. The molecule has 0 aromatic carbocycles. The van der Waals surface area contributed by atoms with Crippen LogP contribution in [-0.2, 0) is 19.1 Å². The van der Waals surface area contributed by atoms with Gasteiger partial charge in [0.1, 0.15) is 6.61 Å². The van der Waals surface area contributed by atoms with Gasteiger partial charge in [0.2, 0.25) is 0 Å². The summed E-state index contributed by atoms with van der Waals surface area (Å²) >= 11 is 0. The molecule has 76 valence electrons. The molecule has 0 saturated carbocycles. The molecule has 13 heavy (non-hydrogen) atoms. The number of carbonyl (C=O) groups excluding carboxylic acids is 2. The van der Waals surface area contributed by atoms with Gasteiger partial charge in [-0.05, 0) is 0 Å². The highest BCUT2D eigenvalue weighted by atomic mass is 16.6. The lowest BCUT2D eigenvalue weighted by Crippen LogP contribution is -2.27. The monoisotopic (exact) mass is 188 g/mol. The van der Waals surface area contributed by atoms with Gasteiger partial charge in [0.05, 0.1) is 0 Å². The van der Waals surface area contributed by atoms with E-state index in [0.717, 1.165) is 0 Å². The molecule has 0 saturated heterocycles. The van der Waals surface area contributed by atoms with Crippen LogP contribution in [0.3, 0.4) is 0 Å². The third kappa shape index (κ3) is 5.36. The van der Waals surface area contributed by atoms with Crippen molar-refractivity contribution >= 4 is 11.8 Å². The third-order valence-corrected chi connectivity index (χ3v) is 1.46. The van der Waals surface area contributed by atoms with Crippen LogP contribution >= 0.6 is 0 Å². The zero-order valence-corrected chi connectivity index (χ0v) is 8.55. The minimum Gasteiger partial charge on any atom is -0.456 e. The van der Waals surface area contributed by atoms with Crippen molar-refractivity contribution < 1.29 is 19.1 Å². The van der Waals surface area contributed by atoms with Crippen LogP contribution in [-0.4, -0.2) is 32.1 Å². The van der Waals surface area contributed by atoms with Gasteiger partial charge in [-0.15, -0.1) is 0 Å². The molecule has 0 aliphatic rings. The van der Waals surface area contributed by atoms with Gasteiger partial charge in [-0.25, -0.2) is 4.79 Å². The van der Waals surface area contributed by atoms with E-state index in [4.69, 9.17) is 0 Å². The Kier molecular flexibility index (Phi) is 4.62. The van der Waals surface area contributed by atoms with E-state index in [2.05, 4.69) is 9.47 Å². The smallest absolute Gasteiger partial charge is 0.332 e. The Morgan fingerprint density at radius 2 is 1.69 bits per heavy atom. The molecule has 4 heteroatoms. The normalized spacial score (nSPS) is 11.1. The highest BCUT2D eigenvalue weighted by Gasteiger charge is 2.22. The lowest BCUT2D eigenvalue weighted by Gasteiger charge is -2.15. The summed E-state index contributed by atoms with van der Waals surface area (Å²) in [6.07, 6.45) is 0. The minimum atomic E-state index is -0.514. The summed E-state index contributed by atoms with van der Waals surface area (Å²) < 4.78 is 9.19. The van der Waals surface area contributed by atoms with E-state index in [9.17, 15) is 9.59 Å².